The molecular formula is C21H20N2O2. The highest BCUT2D eigenvalue weighted by atomic mass is 16.5. The topological polar surface area (TPSA) is 43.3 Å². The molecule has 126 valence electrons. The molecule has 4 nitrogen and oxygen atoms in total. The molecule has 3 rings (SSSR count). The second kappa shape index (κ2) is 7.59. The fraction of sp³-hybridized carbons (Fsp3) is 0.190. The van der Waals surface area contributed by atoms with Gasteiger partial charge in [0.1, 0.15) is 5.75 Å². The first-order chi connectivity index (χ1) is 12.2. The van der Waals surface area contributed by atoms with Crippen LogP contribution in [0.2, 0.25) is 0 Å². The van der Waals surface area contributed by atoms with E-state index in [4.69, 9.17) is 4.74 Å². The van der Waals surface area contributed by atoms with Gasteiger partial charge in [-0.25, -0.2) is 0 Å². The first kappa shape index (κ1) is 16.7. The molecule has 25 heavy (non-hydrogen) atoms. The quantitative estimate of drug-likeness (QED) is 0.747. The van der Waals surface area contributed by atoms with Gasteiger partial charge in [-0.3, -0.25) is 4.79 Å². The zero-order valence-electron chi connectivity index (χ0n) is 14.4. The van der Waals surface area contributed by atoms with E-state index in [9.17, 15) is 4.79 Å². The predicted octanol–water partition coefficient (Wildman–Crippen LogP) is 2.90. The van der Waals surface area contributed by atoms with E-state index in [1.807, 2.05) is 60.3 Å². The molecule has 1 N–H and O–H groups in total. The molecule has 0 aliphatic heterocycles. The van der Waals surface area contributed by atoms with Gasteiger partial charge in [-0.2, -0.15) is 0 Å². The summed E-state index contributed by atoms with van der Waals surface area (Å²) in [6.07, 6.45) is 2.35. The molecule has 2 aromatic carbocycles. The fourth-order valence-corrected chi connectivity index (χ4v) is 2.83. The molecule has 0 radical (unpaired) electrons. The van der Waals surface area contributed by atoms with Gasteiger partial charge in [0.2, 0.25) is 5.91 Å². The molecule has 4 heteroatoms. The molecule has 0 fully saturated rings. The Balaban J connectivity index is 1.61. The second-order valence-corrected chi connectivity index (χ2v) is 5.74. The average molecular weight is 332 g/mol. The van der Waals surface area contributed by atoms with Crippen LogP contribution >= 0.6 is 0 Å². The Kier molecular flexibility index (Phi) is 5.06. The van der Waals surface area contributed by atoms with Crippen molar-refractivity contribution in [1.82, 2.24) is 9.88 Å². The minimum Gasteiger partial charge on any atom is -0.495 e. The van der Waals surface area contributed by atoms with Crippen LogP contribution in [-0.4, -0.2) is 24.1 Å². The summed E-state index contributed by atoms with van der Waals surface area (Å²) < 4.78 is 7.29. The van der Waals surface area contributed by atoms with Gasteiger partial charge in [0, 0.05) is 24.1 Å². The lowest BCUT2D eigenvalue weighted by Gasteiger charge is -2.02. The molecule has 0 saturated carbocycles. The number of ether oxygens (including phenoxy) is 1. The van der Waals surface area contributed by atoms with Crippen LogP contribution in [0.4, 0.5) is 0 Å². The van der Waals surface area contributed by atoms with Crippen molar-refractivity contribution >= 4 is 16.8 Å². The van der Waals surface area contributed by atoms with Gasteiger partial charge >= 0.3 is 0 Å². The van der Waals surface area contributed by atoms with Crippen LogP contribution < -0.4 is 10.1 Å². The smallest absolute Gasteiger partial charge is 0.225 e. The number of aryl methyl sites for hydroxylation is 1. The van der Waals surface area contributed by atoms with Crippen molar-refractivity contribution in [2.75, 3.05) is 13.7 Å². The van der Waals surface area contributed by atoms with Gasteiger partial charge in [0.25, 0.3) is 0 Å². The van der Waals surface area contributed by atoms with Crippen LogP contribution in [0.25, 0.3) is 10.9 Å². The lowest BCUT2D eigenvalue weighted by molar-refractivity contribution is -0.120. The highest BCUT2D eigenvalue weighted by Crippen LogP contribution is 2.20. The summed E-state index contributed by atoms with van der Waals surface area (Å²) in [5.41, 5.74) is 2.96. The molecule has 1 aromatic heterocycles. The SMILES string of the molecule is COc1ccccc1C#CCNC(=O)Cc1cn(C)c2ccccc12. The summed E-state index contributed by atoms with van der Waals surface area (Å²) in [5, 5.41) is 3.96. The molecule has 0 unspecified atom stereocenters. The first-order valence-corrected chi connectivity index (χ1v) is 8.10. The van der Waals surface area contributed by atoms with Crippen molar-refractivity contribution in [2.24, 2.45) is 7.05 Å². The Morgan fingerprint density at radius 2 is 1.92 bits per heavy atom. The summed E-state index contributed by atoms with van der Waals surface area (Å²) >= 11 is 0. The third-order valence-electron chi connectivity index (χ3n) is 4.03. The van der Waals surface area contributed by atoms with Gasteiger partial charge in [0.15, 0.2) is 0 Å². The van der Waals surface area contributed by atoms with Crippen molar-refractivity contribution in [3.63, 3.8) is 0 Å². The van der Waals surface area contributed by atoms with Crippen molar-refractivity contribution < 1.29 is 9.53 Å². The molecule has 0 saturated heterocycles. The van der Waals surface area contributed by atoms with Crippen LogP contribution in [-0.2, 0) is 18.3 Å². The van der Waals surface area contributed by atoms with E-state index in [-0.39, 0.29) is 5.91 Å². The van der Waals surface area contributed by atoms with Crippen LogP contribution in [0.5, 0.6) is 5.75 Å². The second-order valence-electron chi connectivity index (χ2n) is 5.74. The number of carbonyl (C=O) groups is 1. The highest BCUT2D eigenvalue weighted by molar-refractivity contribution is 5.89. The molecule has 0 bridgehead atoms. The van der Waals surface area contributed by atoms with Crippen LogP contribution in [0.15, 0.2) is 54.7 Å². The van der Waals surface area contributed by atoms with E-state index in [0.717, 1.165) is 27.8 Å². The third-order valence-corrected chi connectivity index (χ3v) is 4.03. The van der Waals surface area contributed by atoms with Crippen molar-refractivity contribution in [3.05, 3.63) is 65.9 Å². The summed E-state index contributed by atoms with van der Waals surface area (Å²) in [4.78, 5) is 12.2. The minimum absolute atomic E-state index is 0.0364. The summed E-state index contributed by atoms with van der Waals surface area (Å²) in [7, 11) is 3.61. The molecule has 0 atom stereocenters. The fourth-order valence-electron chi connectivity index (χ4n) is 2.83. The number of nitrogens with one attached hydrogen (secondary N) is 1. The van der Waals surface area contributed by atoms with Crippen molar-refractivity contribution in [2.45, 2.75) is 6.42 Å². The van der Waals surface area contributed by atoms with E-state index in [2.05, 4.69) is 23.2 Å². The number of aromatic nitrogens is 1. The molecule has 3 aromatic rings. The van der Waals surface area contributed by atoms with E-state index in [1.165, 1.54) is 0 Å². The number of hydrogen-bond acceptors (Lipinski definition) is 2. The van der Waals surface area contributed by atoms with Gasteiger partial charge in [-0.05, 0) is 23.8 Å². The summed E-state index contributed by atoms with van der Waals surface area (Å²) in [5.74, 6) is 6.69. The standard InChI is InChI=1S/C21H20N2O2/c1-23-15-17(18-10-4-5-11-19(18)23)14-21(24)22-13-7-9-16-8-3-6-12-20(16)25-2/h3-6,8,10-12,15H,13-14H2,1-2H3,(H,22,24). The lowest BCUT2D eigenvalue weighted by atomic mass is 10.1. The number of rotatable bonds is 4. The third kappa shape index (κ3) is 3.84. The first-order valence-electron chi connectivity index (χ1n) is 8.10. The van der Waals surface area contributed by atoms with E-state index in [1.54, 1.807) is 7.11 Å². The average Bonchev–Trinajstić information content (AvgIpc) is 2.95. The zero-order chi connectivity index (χ0) is 17.6. The Morgan fingerprint density at radius 1 is 1.16 bits per heavy atom. The summed E-state index contributed by atoms with van der Waals surface area (Å²) in [6.45, 7) is 0.307. The number of amides is 1. The molecule has 0 aliphatic carbocycles. The Bertz CT molecular complexity index is 961. The molecule has 1 heterocycles. The Morgan fingerprint density at radius 3 is 2.76 bits per heavy atom. The van der Waals surface area contributed by atoms with E-state index < -0.39 is 0 Å². The number of para-hydroxylation sites is 2. The molecular weight excluding hydrogens is 312 g/mol. The van der Waals surface area contributed by atoms with Crippen LogP contribution in [0.1, 0.15) is 11.1 Å². The zero-order valence-corrected chi connectivity index (χ0v) is 14.4. The normalized spacial score (nSPS) is 10.2. The largest absolute Gasteiger partial charge is 0.495 e. The number of fused-ring (bicyclic) bond motifs is 1. The Hall–Kier alpha value is -3.19. The van der Waals surface area contributed by atoms with Gasteiger partial charge in [0.05, 0.1) is 25.6 Å². The van der Waals surface area contributed by atoms with Crippen LogP contribution in [0.3, 0.4) is 0 Å². The number of hydrogen-bond donors (Lipinski definition) is 1. The maximum atomic E-state index is 12.2. The number of benzene rings is 2. The number of methoxy groups -OCH3 is 1. The van der Waals surface area contributed by atoms with E-state index >= 15 is 0 Å². The van der Waals surface area contributed by atoms with Crippen molar-refractivity contribution in [1.29, 1.82) is 0 Å². The Labute approximate surface area is 147 Å². The monoisotopic (exact) mass is 332 g/mol. The molecule has 0 spiro atoms. The van der Waals surface area contributed by atoms with Crippen molar-refractivity contribution in [3.8, 4) is 17.6 Å². The molecule has 1 amide bonds. The maximum Gasteiger partial charge on any atom is 0.225 e. The number of nitrogens with zero attached hydrogens (tertiary/aromatic N) is 1. The maximum absolute atomic E-state index is 12.2. The van der Waals surface area contributed by atoms with Crippen LogP contribution in [0, 0.1) is 11.8 Å². The summed E-state index contributed by atoms with van der Waals surface area (Å²) in [6, 6.07) is 15.6. The van der Waals surface area contributed by atoms with Gasteiger partial charge < -0.3 is 14.6 Å². The van der Waals surface area contributed by atoms with Gasteiger partial charge in [-0.15, -0.1) is 0 Å². The minimum atomic E-state index is -0.0364. The van der Waals surface area contributed by atoms with E-state index in [0.29, 0.717) is 13.0 Å². The highest BCUT2D eigenvalue weighted by Gasteiger charge is 2.09. The van der Waals surface area contributed by atoms with Gasteiger partial charge in [-0.1, -0.05) is 42.2 Å². The lowest BCUT2D eigenvalue weighted by Crippen LogP contribution is -2.25. The number of carbonyl (C=O) groups excluding carboxylic acids is 1. The predicted molar refractivity (Wildman–Crippen MR) is 99.5 cm³/mol. The molecule has 0 aliphatic rings.